The third-order valence-electron chi connectivity index (χ3n) is 3.23. The zero-order valence-electron chi connectivity index (χ0n) is 10.5. The van der Waals surface area contributed by atoms with Crippen molar-refractivity contribution >= 4 is 11.6 Å². The van der Waals surface area contributed by atoms with Crippen molar-refractivity contribution in [2.24, 2.45) is 0 Å². The average molecular weight is 245 g/mol. The van der Waals surface area contributed by atoms with E-state index in [2.05, 4.69) is 11.4 Å². The number of amides is 1. The van der Waals surface area contributed by atoms with Crippen LogP contribution in [0.5, 0.6) is 0 Å². The molecule has 0 aromatic heterocycles. The normalized spacial score (nSPS) is 15.1. The van der Waals surface area contributed by atoms with Gasteiger partial charge in [0, 0.05) is 17.7 Å². The lowest BCUT2D eigenvalue weighted by atomic mass is 9.97. The summed E-state index contributed by atoms with van der Waals surface area (Å²) in [6, 6.07) is 7.34. The first-order valence-electron chi connectivity index (χ1n) is 6.46. The fourth-order valence-corrected chi connectivity index (χ4v) is 2.25. The van der Waals surface area contributed by atoms with Crippen LogP contribution in [0.3, 0.4) is 0 Å². The molecular formula is C15H19NO2. The van der Waals surface area contributed by atoms with Crippen molar-refractivity contribution in [1.29, 1.82) is 0 Å². The van der Waals surface area contributed by atoms with Gasteiger partial charge < -0.3 is 10.4 Å². The highest BCUT2D eigenvalue weighted by Crippen LogP contribution is 2.21. The molecule has 0 unspecified atom stereocenters. The molecule has 3 heteroatoms. The highest BCUT2D eigenvalue weighted by Gasteiger charge is 2.10. The number of allylic oxidation sites excluding steroid dienone is 1. The van der Waals surface area contributed by atoms with E-state index in [4.69, 9.17) is 0 Å². The van der Waals surface area contributed by atoms with Crippen LogP contribution in [-0.2, 0) is 11.4 Å². The molecule has 0 saturated heterocycles. The maximum Gasteiger partial charge on any atom is 0.228 e. The first-order valence-corrected chi connectivity index (χ1v) is 6.46. The van der Waals surface area contributed by atoms with E-state index < -0.39 is 0 Å². The van der Waals surface area contributed by atoms with Crippen molar-refractivity contribution in [2.75, 3.05) is 5.32 Å². The van der Waals surface area contributed by atoms with Gasteiger partial charge in [-0.2, -0.15) is 0 Å². The van der Waals surface area contributed by atoms with Crippen molar-refractivity contribution in [3.8, 4) is 0 Å². The molecule has 2 rings (SSSR count). The monoisotopic (exact) mass is 245 g/mol. The van der Waals surface area contributed by atoms with Gasteiger partial charge >= 0.3 is 0 Å². The van der Waals surface area contributed by atoms with Gasteiger partial charge in [-0.05, 0) is 31.7 Å². The summed E-state index contributed by atoms with van der Waals surface area (Å²) in [6.07, 6.45) is 7.20. The average Bonchev–Trinajstić information content (AvgIpc) is 2.40. The summed E-state index contributed by atoms with van der Waals surface area (Å²) in [5.41, 5.74) is 2.70. The summed E-state index contributed by atoms with van der Waals surface area (Å²) in [5, 5.41) is 12.1. The molecule has 18 heavy (non-hydrogen) atoms. The molecule has 1 aliphatic rings. The second kappa shape index (κ2) is 6.36. The number of rotatable bonds is 4. The minimum absolute atomic E-state index is 0.00375. The van der Waals surface area contributed by atoms with Gasteiger partial charge in [-0.1, -0.05) is 29.8 Å². The molecule has 0 saturated carbocycles. The molecule has 3 nitrogen and oxygen atoms in total. The molecule has 96 valence electrons. The molecule has 0 bridgehead atoms. The molecule has 0 atom stereocenters. The third-order valence-corrected chi connectivity index (χ3v) is 3.23. The van der Waals surface area contributed by atoms with Crippen LogP contribution in [0.2, 0.25) is 0 Å². The van der Waals surface area contributed by atoms with Crippen LogP contribution in [0.4, 0.5) is 5.69 Å². The predicted molar refractivity (Wildman–Crippen MR) is 72.2 cm³/mol. The van der Waals surface area contributed by atoms with Gasteiger partial charge in [-0.15, -0.1) is 0 Å². The number of carbonyl (C=O) groups excluding carboxylic acids is 1. The fraction of sp³-hybridized carbons (Fsp3) is 0.400. The molecule has 0 fully saturated rings. The number of hydrogen-bond acceptors (Lipinski definition) is 2. The molecule has 2 N–H and O–H groups in total. The Hall–Kier alpha value is -1.61. The number of anilines is 1. The lowest BCUT2D eigenvalue weighted by molar-refractivity contribution is -0.115. The summed E-state index contributed by atoms with van der Waals surface area (Å²) in [7, 11) is 0. The van der Waals surface area contributed by atoms with Gasteiger partial charge in [0.1, 0.15) is 0 Å². The lowest BCUT2D eigenvalue weighted by Crippen LogP contribution is -2.14. The van der Waals surface area contributed by atoms with Crippen molar-refractivity contribution in [3.63, 3.8) is 0 Å². The smallest absolute Gasteiger partial charge is 0.228 e. The Labute approximate surface area is 108 Å². The Morgan fingerprint density at radius 1 is 1.28 bits per heavy atom. The minimum Gasteiger partial charge on any atom is -0.392 e. The van der Waals surface area contributed by atoms with E-state index in [0.29, 0.717) is 12.1 Å². The molecule has 1 aromatic rings. The largest absolute Gasteiger partial charge is 0.392 e. The first-order chi connectivity index (χ1) is 8.79. The second-order valence-corrected chi connectivity index (χ2v) is 4.65. The van der Waals surface area contributed by atoms with Crippen molar-refractivity contribution in [1.82, 2.24) is 0 Å². The molecule has 0 radical (unpaired) electrons. The van der Waals surface area contributed by atoms with Crippen LogP contribution < -0.4 is 5.32 Å². The maximum absolute atomic E-state index is 11.9. The van der Waals surface area contributed by atoms with Gasteiger partial charge in [-0.25, -0.2) is 0 Å². The van der Waals surface area contributed by atoms with Crippen LogP contribution >= 0.6 is 0 Å². The summed E-state index contributed by atoms with van der Waals surface area (Å²) in [4.78, 5) is 11.9. The standard InChI is InChI=1S/C15H19NO2/c17-11-13-8-4-5-9-14(13)16-15(18)10-12-6-2-1-3-7-12/h4-6,8-9,17H,1-3,7,10-11H2,(H,16,18). The van der Waals surface area contributed by atoms with Gasteiger partial charge in [0.25, 0.3) is 0 Å². The zero-order chi connectivity index (χ0) is 12.8. The number of benzene rings is 1. The minimum atomic E-state index is -0.0564. The van der Waals surface area contributed by atoms with E-state index in [1.165, 1.54) is 18.4 Å². The maximum atomic E-state index is 11.9. The van der Waals surface area contributed by atoms with Crippen LogP contribution in [0.1, 0.15) is 37.7 Å². The molecule has 1 amide bonds. The summed E-state index contributed by atoms with van der Waals surface area (Å²) in [6.45, 7) is -0.0564. The van der Waals surface area contributed by atoms with Crippen LogP contribution in [0.25, 0.3) is 0 Å². The Balaban J connectivity index is 1.96. The van der Waals surface area contributed by atoms with Gasteiger partial charge in [-0.3, -0.25) is 4.79 Å². The molecule has 0 heterocycles. The van der Waals surface area contributed by atoms with Crippen molar-refractivity contribution in [2.45, 2.75) is 38.7 Å². The number of hydrogen-bond donors (Lipinski definition) is 2. The fourth-order valence-electron chi connectivity index (χ4n) is 2.25. The Morgan fingerprint density at radius 3 is 2.83 bits per heavy atom. The quantitative estimate of drug-likeness (QED) is 0.801. The molecule has 0 spiro atoms. The Bertz CT molecular complexity index is 452. The highest BCUT2D eigenvalue weighted by molar-refractivity contribution is 5.93. The highest BCUT2D eigenvalue weighted by atomic mass is 16.3. The number of carbonyl (C=O) groups is 1. The Morgan fingerprint density at radius 2 is 2.11 bits per heavy atom. The third kappa shape index (κ3) is 3.44. The van der Waals surface area contributed by atoms with Gasteiger partial charge in [0.05, 0.1) is 6.61 Å². The van der Waals surface area contributed by atoms with E-state index in [1.807, 2.05) is 24.3 Å². The molecule has 1 aromatic carbocycles. The topological polar surface area (TPSA) is 49.3 Å². The van der Waals surface area contributed by atoms with E-state index in [0.717, 1.165) is 18.4 Å². The van der Waals surface area contributed by atoms with Crippen LogP contribution in [0.15, 0.2) is 35.9 Å². The predicted octanol–water partition coefficient (Wildman–Crippen LogP) is 3.01. The number of aliphatic hydroxyl groups excluding tert-OH is 1. The summed E-state index contributed by atoms with van der Waals surface area (Å²) in [5.74, 6) is 0.00375. The second-order valence-electron chi connectivity index (χ2n) is 4.65. The summed E-state index contributed by atoms with van der Waals surface area (Å²) < 4.78 is 0. The number of nitrogens with one attached hydrogen (secondary N) is 1. The van der Waals surface area contributed by atoms with Crippen molar-refractivity contribution in [3.05, 3.63) is 41.5 Å². The van der Waals surface area contributed by atoms with Crippen molar-refractivity contribution < 1.29 is 9.90 Å². The van der Waals surface area contributed by atoms with Crippen LogP contribution in [0, 0.1) is 0 Å². The van der Waals surface area contributed by atoms with E-state index in [9.17, 15) is 9.90 Å². The van der Waals surface area contributed by atoms with E-state index in [-0.39, 0.29) is 12.5 Å². The lowest BCUT2D eigenvalue weighted by Gasteiger charge is -2.13. The van der Waals surface area contributed by atoms with E-state index in [1.54, 1.807) is 0 Å². The zero-order valence-corrected chi connectivity index (χ0v) is 10.5. The van der Waals surface area contributed by atoms with Crippen LogP contribution in [-0.4, -0.2) is 11.0 Å². The number of para-hydroxylation sites is 1. The molecule has 0 aliphatic heterocycles. The Kier molecular flexibility index (Phi) is 4.53. The van der Waals surface area contributed by atoms with E-state index >= 15 is 0 Å². The van der Waals surface area contributed by atoms with Gasteiger partial charge in [0.2, 0.25) is 5.91 Å². The number of aliphatic hydroxyl groups is 1. The first kappa shape index (κ1) is 12.8. The molecular weight excluding hydrogens is 226 g/mol. The SMILES string of the molecule is O=C(CC1=CCCCC1)Nc1ccccc1CO. The summed E-state index contributed by atoms with van der Waals surface area (Å²) >= 11 is 0. The van der Waals surface area contributed by atoms with Gasteiger partial charge in [0.15, 0.2) is 0 Å². The molecule has 1 aliphatic carbocycles.